The van der Waals surface area contributed by atoms with E-state index in [1.807, 2.05) is 64.1 Å². The molecule has 0 aliphatic heterocycles. The number of carbonyl (C=O) groups is 2. The third kappa shape index (κ3) is 7.37. The van der Waals surface area contributed by atoms with E-state index in [-0.39, 0.29) is 18.4 Å². The van der Waals surface area contributed by atoms with E-state index in [4.69, 9.17) is 4.74 Å². The zero-order valence-corrected chi connectivity index (χ0v) is 21.4. The van der Waals surface area contributed by atoms with Crippen molar-refractivity contribution < 1.29 is 14.3 Å². The van der Waals surface area contributed by atoms with E-state index in [1.54, 1.807) is 4.90 Å². The molecule has 0 spiro atoms. The second kappa shape index (κ2) is 12.6. The standard InChI is InChI=1S/C26H35BrN2O3/c1-6-8-13-28-26(31)23(7-2)29(16-21-11-9-18(3)10-12-21)24(30)17-32-22-14-19(4)25(27)20(5)15-22/h9-12,14-15,23H,6-8,13,16-17H2,1-5H3,(H,28,31). The van der Waals surface area contributed by atoms with Gasteiger partial charge in [-0.15, -0.1) is 0 Å². The Kier molecular flexibility index (Phi) is 10.2. The number of ether oxygens (including phenoxy) is 1. The van der Waals surface area contributed by atoms with Crippen LogP contribution in [-0.2, 0) is 16.1 Å². The Balaban J connectivity index is 2.20. The van der Waals surface area contributed by atoms with E-state index in [2.05, 4.69) is 28.2 Å². The lowest BCUT2D eigenvalue weighted by molar-refractivity contribution is -0.143. The predicted molar refractivity (Wildman–Crippen MR) is 133 cm³/mol. The number of halogens is 1. The Morgan fingerprint density at radius 1 is 1.06 bits per heavy atom. The molecule has 0 heterocycles. The molecule has 0 aliphatic rings. The largest absolute Gasteiger partial charge is 0.484 e. The molecule has 0 saturated heterocycles. The molecule has 2 rings (SSSR count). The van der Waals surface area contributed by atoms with Crippen LogP contribution in [0.15, 0.2) is 40.9 Å². The first-order valence-electron chi connectivity index (χ1n) is 11.3. The van der Waals surface area contributed by atoms with E-state index in [9.17, 15) is 9.59 Å². The van der Waals surface area contributed by atoms with Gasteiger partial charge >= 0.3 is 0 Å². The molecule has 2 aromatic rings. The van der Waals surface area contributed by atoms with Crippen molar-refractivity contribution in [1.29, 1.82) is 0 Å². The van der Waals surface area contributed by atoms with E-state index in [0.29, 0.717) is 25.3 Å². The molecule has 1 unspecified atom stereocenters. The Morgan fingerprint density at radius 3 is 2.25 bits per heavy atom. The van der Waals surface area contributed by atoms with Crippen LogP contribution in [0.2, 0.25) is 0 Å². The second-order valence-corrected chi connectivity index (χ2v) is 9.03. The highest BCUT2D eigenvalue weighted by Crippen LogP contribution is 2.26. The molecule has 174 valence electrons. The molecule has 2 aromatic carbocycles. The van der Waals surface area contributed by atoms with Crippen LogP contribution in [0.25, 0.3) is 0 Å². The van der Waals surface area contributed by atoms with Crippen molar-refractivity contribution in [2.75, 3.05) is 13.2 Å². The zero-order chi connectivity index (χ0) is 23.7. The Labute approximate surface area is 200 Å². The summed E-state index contributed by atoms with van der Waals surface area (Å²) in [5.74, 6) is 0.324. The summed E-state index contributed by atoms with van der Waals surface area (Å²) < 4.78 is 6.89. The third-order valence-electron chi connectivity index (χ3n) is 5.46. The first kappa shape index (κ1) is 25.9. The molecule has 1 N–H and O–H groups in total. The summed E-state index contributed by atoms with van der Waals surface area (Å²) in [5.41, 5.74) is 4.23. The number of nitrogens with one attached hydrogen (secondary N) is 1. The van der Waals surface area contributed by atoms with Gasteiger partial charge in [0.25, 0.3) is 5.91 Å². The molecule has 5 nitrogen and oxygen atoms in total. The normalized spacial score (nSPS) is 11.7. The summed E-state index contributed by atoms with van der Waals surface area (Å²) >= 11 is 3.55. The van der Waals surface area contributed by atoms with Gasteiger partial charge in [0.15, 0.2) is 6.61 Å². The van der Waals surface area contributed by atoms with Crippen molar-refractivity contribution in [3.8, 4) is 5.75 Å². The van der Waals surface area contributed by atoms with Crippen molar-refractivity contribution in [1.82, 2.24) is 10.2 Å². The number of amides is 2. The molecule has 0 bridgehead atoms. The molecule has 0 radical (unpaired) electrons. The summed E-state index contributed by atoms with van der Waals surface area (Å²) in [7, 11) is 0. The van der Waals surface area contributed by atoms with Crippen molar-refractivity contribution in [2.24, 2.45) is 0 Å². The van der Waals surface area contributed by atoms with Crippen LogP contribution in [0.5, 0.6) is 5.75 Å². The van der Waals surface area contributed by atoms with Gasteiger partial charge in [-0.3, -0.25) is 9.59 Å². The van der Waals surface area contributed by atoms with Gasteiger partial charge in [0.2, 0.25) is 5.91 Å². The lowest BCUT2D eigenvalue weighted by Gasteiger charge is -2.30. The van der Waals surface area contributed by atoms with Gasteiger partial charge in [0, 0.05) is 17.6 Å². The minimum absolute atomic E-state index is 0.114. The number of aryl methyl sites for hydroxylation is 3. The Bertz CT molecular complexity index is 889. The molecule has 2 amide bonds. The summed E-state index contributed by atoms with van der Waals surface area (Å²) in [6.07, 6.45) is 2.45. The summed E-state index contributed by atoms with van der Waals surface area (Å²) in [5, 5.41) is 2.98. The molecule has 32 heavy (non-hydrogen) atoms. The van der Waals surface area contributed by atoms with Crippen LogP contribution in [-0.4, -0.2) is 35.9 Å². The van der Waals surface area contributed by atoms with Crippen molar-refractivity contribution >= 4 is 27.7 Å². The number of unbranched alkanes of at least 4 members (excludes halogenated alkanes) is 1. The maximum atomic E-state index is 13.3. The predicted octanol–water partition coefficient (Wildman–Crippen LogP) is 5.48. The molecule has 6 heteroatoms. The first-order chi connectivity index (χ1) is 15.3. The Hall–Kier alpha value is -2.34. The van der Waals surface area contributed by atoms with Gasteiger partial charge in [-0.05, 0) is 62.4 Å². The second-order valence-electron chi connectivity index (χ2n) is 8.24. The lowest BCUT2D eigenvalue weighted by atomic mass is 10.1. The van der Waals surface area contributed by atoms with Crippen LogP contribution in [0.1, 0.15) is 55.4 Å². The molecule has 0 aromatic heterocycles. The van der Waals surface area contributed by atoms with Gasteiger partial charge in [-0.2, -0.15) is 0 Å². The fraction of sp³-hybridized carbons (Fsp3) is 0.462. The van der Waals surface area contributed by atoms with Crippen LogP contribution in [0.4, 0.5) is 0 Å². The summed E-state index contributed by atoms with van der Waals surface area (Å²) in [4.78, 5) is 27.8. The van der Waals surface area contributed by atoms with Crippen LogP contribution in [0.3, 0.4) is 0 Å². The Morgan fingerprint density at radius 2 is 1.69 bits per heavy atom. The maximum absolute atomic E-state index is 13.3. The highest BCUT2D eigenvalue weighted by Gasteiger charge is 2.28. The molecule has 0 saturated carbocycles. The van der Waals surface area contributed by atoms with E-state index >= 15 is 0 Å². The zero-order valence-electron chi connectivity index (χ0n) is 19.8. The quantitative estimate of drug-likeness (QED) is 0.414. The van der Waals surface area contributed by atoms with E-state index in [0.717, 1.165) is 39.6 Å². The van der Waals surface area contributed by atoms with E-state index < -0.39 is 6.04 Å². The summed E-state index contributed by atoms with van der Waals surface area (Å²) in [6.45, 7) is 10.9. The lowest BCUT2D eigenvalue weighted by Crippen LogP contribution is -2.50. The topological polar surface area (TPSA) is 58.6 Å². The maximum Gasteiger partial charge on any atom is 0.261 e. The average molecular weight is 503 g/mol. The first-order valence-corrected chi connectivity index (χ1v) is 12.1. The fourth-order valence-corrected chi connectivity index (χ4v) is 3.76. The molecule has 0 fully saturated rings. The van der Waals surface area contributed by atoms with Crippen molar-refractivity contribution in [3.05, 3.63) is 63.1 Å². The number of nitrogens with zero attached hydrogens (tertiary/aromatic N) is 1. The van der Waals surface area contributed by atoms with E-state index in [1.165, 1.54) is 0 Å². The van der Waals surface area contributed by atoms with Crippen LogP contribution in [0, 0.1) is 20.8 Å². The van der Waals surface area contributed by atoms with Gasteiger partial charge in [-0.1, -0.05) is 66.0 Å². The summed E-state index contributed by atoms with van der Waals surface area (Å²) in [6, 6.07) is 11.3. The van der Waals surface area contributed by atoms with Crippen molar-refractivity contribution in [3.63, 3.8) is 0 Å². The molecular formula is C26H35BrN2O3. The number of rotatable bonds is 11. The van der Waals surface area contributed by atoms with Crippen LogP contribution >= 0.6 is 15.9 Å². The molecule has 1 atom stereocenters. The monoisotopic (exact) mass is 502 g/mol. The number of benzene rings is 2. The number of hydrogen-bond donors (Lipinski definition) is 1. The number of carbonyl (C=O) groups excluding carboxylic acids is 2. The minimum atomic E-state index is -0.544. The minimum Gasteiger partial charge on any atom is -0.484 e. The highest BCUT2D eigenvalue weighted by atomic mass is 79.9. The van der Waals surface area contributed by atoms with Crippen LogP contribution < -0.4 is 10.1 Å². The van der Waals surface area contributed by atoms with Gasteiger partial charge in [0.05, 0.1) is 0 Å². The fourth-order valence-electron chi connectivity index (χ4n) is 3.53. The van der Waals surface area contributed by atoms with Crippen molar-refractivity contribution in [2.45, 2.75) is 66.5 Å². The average Bonchev–Trinajstić information content (AvgIpc) is 2.77. The highest BCUT2D eigenvalue weighted by molar-refractivity contribution is 9.10. The van der Waals surface area contributed by atoms with Gasteiger partial charge in [0.1, 0.15) is 11.8 Å². The SMILES string of the molecule is CCCCNC(=O)C(CC)N(Cc1ccc(C)cc1)C(=O)COc1cc(C)c(Br)c(C)c1. The molecular weight excluding hydrogens is 468 g/mol. The van der Waals surface area contributed by atoms with Gasteiger partial charge < -0.3 is 15.0 Å². The number of hydrogen-bond acceptors (Lipinski definition) is 3. The third-order valence-corrected chi connectivity index (χ3v) is 6.71. The molecule has 0 aliphatic carbocycles. The van der Waals surface area contributed by atoms with Gasteiger partial charge in [-0.25, -0.2) is 0 Å². The smallest absolute Gasteiger partial charge is 0.261 e.